The third kappa shape index (κ3) is 5.04. The smallest absolute Gasteiger partial charge is 0.305 e. The van der Waals surface area contributed by atoms with Crippen molar-refractivity contribution in [2.24, 2.45) is 26.8 Å². The Morgan fingerprint density at radius 1 is 1.07 bits per heavy atom. The molecule has 7 nitrogen and oxygen atoms in total. The third-order valence-corrected chi connectivity index (χ3v) is 9.70. The normalized spacial score (nSPS) is 24.3. The van der Waals surface area contributed by atoms with Crippen molar-refractivity contribution in [1.29, 1.82) is 0 Å². The number of carbonyl (C=O) groups excluding carboxylic acids is 1. The van der Waals surface area contributed by atoms with Crippen LogP contribution >= 0.6 is 31.9 Å². The van der Waals surface area contributed by atoms with E-state index in [9.17, 15) is 9.90 Å². The van der Waals surface area contributed by atoms with Gasteiger partial charge < -0.3 is 15.2 Å². The maximum atomic E-state index is 12.2. The number of halogens is 2. The predicted octanol–water partition coefficient (Wildman–Crippen LogP) is 8.24. The van der Waals surface area contributed by atoms with Crippen LogP contribution < -0.4 is 5.32 Å². The second-order valence-corrected chi connectivity index (χ2v) is 14.4. The molecule has 1 fully saturated rings. The highest BCUT2D eigenvalue weighted by Crippen LogP contribution is 2.46. The fourth-order valence-corrected chi connectivity index (χ4v) is 7.25. The number of hydrogen-bond acceptors (Lipinski definition) is 7. The van der Waals surface area contributed by atoms with Crippen LogP contribution in [0.2, 0.25) is 0 Å². The predicted molar refractivity (Wildman–Crippen MR) is 179 cm³/mol. The number of esters is 1. The molecule has 0 aromatic rings. The Morgan fingerprint density at radius 3 is 2.49 bits per heavy atom. The highest BCUT2D eigenvalue weighted by Gasteiger charge is 2.41. The molecule has 0 saturated carbocycles. The lowest BCUT2D eigenvalue weighted by Crippen LogP contribution is -2.16. The summed E-state index contributed by atoms with van der Waals surface area (Å²) >= 11 is 7.10. The summed E-state index contributed by atoms with van der Waals surface area (Å²) in [6.45, 7) is 10.5. The molecule has 2 N–H and O–H groups in total. The minimum Gasteiger partial charge on any atom is -0.511 e. The van der Waals surface area contributed by atoms with Crippen LogP contribution in [0.4, 0.5) is 0 Å². The summed E-state index contributed by atoms with van der Waals surface area (Å²) in [4.78, 5) is 27.5. The van der Waals surface area contributed by atoms with Gasteiger partial charge in [0.25, 0.3) is 0 Å². The molecular weight excluding hydrogens is 672 g/mol. The van der Waals surface area contributed by atoms with Crippen molar-refractivity contribution in [2.45, 2.75) is 60.3 Å². The Balaban J connectivity index is 1.61. The van der Waals surface area contributed by atoms with E-state index in [1.807, 2.05) is 19.1 Å². The number of fused-ring (bicyclic) bond motifs is 5. The molecule has 6 rings (SSSR count). The number of aliphatic hydroxyl groups excluding tert-OH is 1. The van der Waals surface area contributed by atoms with Gasteiger partial charge in [-0.25, -0.2) is 15.0 Å². The van der Waals surface area contributed by atoms with Crippen molar-refractivity contribution < 1.29 is 14.6 Å². The molecule has 0 aromatic heterocycles. The fourth-order valence-electron chi connectivity index (χ4n) is 6.79. The van der Waals surface area contributed by atoms with Crippen molar-refractivity contribution in [2.75, 3.05) is 7.11 Å². The zero-order valence-electron chi connectivity index (χ0n) is 25.2. The lowest BCUT2D eigenvalue weighted by atomic mass is 9.86. The topological polar surface area (TPSA) is 95.6 Å². The second kappa shape index (κ2) is 11.3. The van der Waals surface area contributed by atoms with E-state index in [1.54, 1.807) is 0 Å². The lowest BCUT2D eigenvalue weighted by molar-refractivity contribution is -0.140. The quantitative estimate of drug-likeness (QED) is 0.282. The Labute approximate surface area is 269 Å². The first kappa shape index (κ1) is 29.8. The second-order valence-electron chi connectivity index (χ2n) is 11.6. The van der Waals surface area contributed by atoms with Gasteiger partial charge in [-0.2, -0.15) is 0 Å². The summed E-state index contributed by atoms with van der Waals surface area (Å²) in [6, 6.07) is 0. The van der Waals surface area contributed by atoms with Gasteiger partial charge in [-0.15, -0.1) is 0 Å². The van der Waals surface area contributed by atoms with Gasteiger partial charge in [0.1, 0.15) is 5.76 Å². The van der Waals surface area contributed by atoms with Crippen molar-refractivity contribution in [3.05, 3.63) is 101 Å². The monoisotopic (exact) mass is 704 g/mol. The largest absolute Gasteiger partial charge is 0.511 e. The molecule has 8 bridgehead atoms. The van der Waals surface area contributed by atoms with Crippen LogP contribution in [0.15, 0.2) is 116 Å². The Hall–Kier alpha value is -3.30. The Morgan fingerprint density at radius 2 is 1.79 bits per heavy atom. The number of aliphatic hydroxyl groups is 1. The Kier molecular flexibility index (Phi) is 7.84. The van der Waals surface area contributed by atoms with Gasteiger partial charge in [-0.1, -0.05) is 13.8 Å². The minimum absolute atomic E-state index is 0.0183. The van der Waals surface area contributed by atoms with E-state index in [0.717, 1.165) is 88.9 Å². The molecule has 0 amide bonds. The average molecular weight is 706 g/mol. The molecule has 1 saturated heterocycles. The van der Waals surface area contributed by atoms with Crippen LogP contribution in [-0.4, -0.2) is 35.3 Å². The van der Waals surface area contributed by atoms with Gasteiger partial charge >= 0.3 is 5.97 Å². The number of allylic oxidation sites excluding steroid dienone is 12. The zero-order valence-corrected chi connectivity index (χ0v) is 28.3. The summed E-state index contributed by atoms with van der Waals surface area (Å²) in [5.41, 5.74) is 14.2. The van der Waals surface area contributed by atoms with E-state index < -0.39 is 0 Å². The van der Waals surface area contributed by atoms with Crippen LogP contribution in [0.25, 0.3) is 0 Å². The highest BCUT2D eigenvalue weighted by atomic mass is 79.9. The maximum Gasteiger partial charge on any atom is 0.305 e. The fraction of sp³-hybridized carbons (Fsp3) is 0.353. The standard InChI is InChI=1S/C34H34Br2N4O3/c1-7-19-15(2)24-13-28-21(11-30(35)36)17(4)23(38-28)12-25-16(3)20(8-9-31(42)43-6)33(39-25)22-10-29(41)32-18(5)26(40-34(22)32)14-27(19)37-24/h11-14,16,20,39,41H,7-10H2,1-6H3/t16-,20-/m0/s1. The van der Waals surface area contributed by atoms with E-state index in [-0.39, 0.29) is 17.8 Å². The summed E-state index contributed by atoms with van der Waals surface area (Å²) in [5.74, 6) is 0.190. The van der Waals surface area contributed by atoms with Crippen LogP contribution in [0.3, 0.4) is 0 Å². The maximum absolute atomic E-state index is 12.2. The first-order valence-electron chi connectivity index (χ1n) is 14.6. The summed E-state index contributed by atoms with van der Waals surface area (Å²) < 4.78 is 5.81. The molecule has 0 aromatic carbocycles. The number of nitrogens with zero attached hydrogens (tertiary/aromatic N) is 3. The van der Waals surface area contributed by atoms with Crippen molar-refractivity contribution in [1.82, 2.24) is 5.32 Å². The summed E-state index contributed by atoms with van der Waals surface area (Å²) in [5, 5.41) is 14.9. The van der Waals surface area contributed by atoms with E-state index in [4.69, 9.17) is 19.7 Å². The number of aliphatic imine (C=N–C) groups is 3. The zero-order chi connectivity index (χ0) is 30.7. The van der Waals surface area contributed by atoms with Gasteiger partial charge in [-0.05, 0) is 112 Å². The van der Waals surface area contributed by atoms with Gasteiger partial charge in [0.05, 0.1) is 44.7 Å². The van der Waals surface area contributed by atoms with Crippen molar-refractivity contribution >= 4 is 55.0 Å². The molecule has 6 aliphatic rings. The summed E-state index contributed by atoms with van der Waals surface area (Å²) in [7, 11) is 1.42. The van der Waals surface area contributed by atoms with Crippen LogP contribution in [0.1, 0.15) is 60.3 Å². The van der Waals surface area contributed by atoms with Gasteiger partial charge in [-0.3, -0.25) is 4.79 Å². The van der Waals surface area contributed by atoms with E-state index in [0.29, 0.717) is 25.0 Å². The molecule has 222 valence electrons. The molecule has 2 atom stereocenters. The molecule has 9 heteroatoms. The van der Waals surface area contributed by atoms with Crippen molar-refractivity contribution in [3.63, 3.8) is 0 Å². The van der Waals surface area contributed by atoms with E-state index in [2.05, 4.69) is 77.0 Å². The molecule has 0 radical (unpaired) electrons. The summed E-state index contributed by atoms with van der Waals surface area (Å²) in [6.07, 6.45) is 10.4. The first-order valence-corrected chi connectivity index (χ1v) is 16.2. The van der Waals surface area contributed by atoms with Crippen LogP contribution in [0.5, 0.6) is 0 Å². The van der Waals surface area contributed by atoms with Crippen LogP contribution in [-0.2, 0) is 9.53 Å². The minimum atomic E-state index is -0.234. The molecule has 0 spiro atoms. The van der Waals surface area contributed by atoms with E-state index >= 15 is 0 Å². The first-order chi connectivity index (χ1) is 20.5. The van der Waals surface area contributed by atoms with Gasteiger partial charge in [0.2, 0.25) is 0 Å². The van der Waals surface area contributed by atoms with Gasteiger partial charge in [0, 0.05) is 52.8 Å². The number of carbonyl (C=O) groups is 1. The SMILES string of the molecule is CCC1=C(C)C2=NC1=CC1=C(C)C3=C(O)CC(=C4NC(=CC5=NC(=C2)C(C=C(Br)Br)=C5C)[C@@H](C)[C@@H]4CCC(=O)OC)C3=N1. The van der Waals surface area contributed by atoms with Crippen molar-refractivity contribution in [3.8, 4) is 0 Å². The number of rotatable bonds is 5. The third-order valence-electron chi connectivity index (χ3n) is 9.24. The molecule has 5 heterocycles. The molecule has 5 aliphatic heterocycles. The molecule has 1 aliphatic carbocycles. The molecular formula is C34H34Br2N4O3. The average Bonchev–Trinajstić information content (AvgIpc) is 3.71. The molecule has 0 unspecified atom stereocenters. The van der Waals surface area contributed by atoms with E-state index in [1.165, 1.54) is 12.7 Å². The number of hydrogen-bond donors (Lipinski definition) is 2. The number of ether oxygens (including phenoxy) is 1. The lowest BCUT2D eigenvalue weighted by Gasteiger charge is -2.17. The van der Waals surface area contributed by atoms with Gasteiger partial charge in [0.15, 0.2) is 0 Å². The highest BCUT2D eigenvalue weighted by molar-refractivity contribution is 9.28. The Bertz CT molecular complexity index is 1760. The van der Waals surface area contributed by atoms with Crippen LogP contribution in [0, 0.1) is 11.8 Å². The number of nitrogens with one attached hydrogen (secondary N) is 1. The number of methoxy groups -OCH3 is 1. The molecule has 43 heavy (non-hydrogen) atoms.